The molecular formula is C13H29N3S. The minimum Gasteiger partial charge on any atom is -0.329 e. The van der Waals surface area contributed by atoms with Crippen molar-refractivity contribution in [2.24, 2.45) is 5.73 Å². The van der Waals surface area contributed by atoms with Gasteiger partial charge in [0.25, 0.3) is 0 Å². The van der Waals surface area contributed by atoms with Crippen LogP contribution >= 0.6 is 11.8 Å². The maximum atomic E-state index is 6.06. The highest BCUT2D eigenvalue weighted by atomic mass is 32.2. The highest BCUT2D eigenvalue weighted by Crippen LogP contribution is 2.27. The van der Waals surface area contributed by atoms with Gasteiger partial charge >= 0.3 is 0 Å². The summed E-state index contributed by atoms with van der Waals surface area (Å²) in [5.74, 6) is 1.25. The molecule has 0 saturated carbocycles. The van der Waals surface area contributed by atoms with Crippen LogP contribution in [0.2, 0.25) is 0 Å². The van der Waals surface area contributed by atoms with Gasteiger partial charge in [0.05, 0.1) is 0 Å². The van der Waals surface area contributed by atoms with Crippen LogP contribution in [-0.2, 0) is 0 Å². The van der Waals surface area contributed by atoms with E-state index in [1.807, 2.05) is 11.8 Å². The van der Waals surface area contributed by atoms with E-state index < -0.39 is 0 Å². The van der Waals surface area contributed by atoms with Crippen molar-refractivity contribution in [2.75, 3.05) is 45.2 Å². The van der Waals surface area contributed by atoms with E-state index in [9.17, 15) is 0 Å². The molecule has 1 saturated heterocycles. The molecule has 2 N–H and O–H groups in total. The Morgan fingerprint density at radius 2 is 2.18 bits per heavy atom. The van der Waals surface area contributed by atoms with Gasteiger partial charge < -0.3 is 5.73 Å². The fourth-order valence-corrected chi connectivity index (χ4v) is 3.06. The van der Waals surface area contributed by atoms with Gasteiger partial charge in [0.1, 0.15) is 0 Å². The van der Waals surface area contributed by atoms with Crippen molar-refractivity contribution < 1.29 is 0 Å². The second kappa shape index (κ2) is 6.98. The van der Waals surface area contributed by atoms with Crippen LogP contribution in [0.15, 0.2) is 0 Å². The Hall–Kier alpha value is 0.230. The molecule has 17 heavy (non-hydrogen) atoms. The third kappa shape index (κ3) is 3.85. The second-order valence-electron chi connectivity index (χ2n) is 5.51. The molecule has 1 heterocycles. The zero-order chi connectivity index (χ0) is 12.9. The van der Waals surface area contributed by atoms with Crippen molar-refractivity contribution in [1.29, 1.82) is 0 Å². The molecule has 0 aromatic rings. The van der Waals surface area contributed by atoms with Crippen LogP contribution < -0.4 is 5.73 Å². The Bertz CT molecular complexity index is 223. The zero-order valence-corrected chi connectivity index (χ0v) is 12.7. The molecule has 1 fully saturated rings. The van der Waals surface area contributed by atoms with Crippen molar-refractivity contribution in [2.45, 2.75) is 38.3 Å². The standard InChI is InChI=1S/C13H29N3S/c1-12(2)16-8-6-13(10-14,11-16)15(3)7-5-9-17-4/h12H,5-11,14H2,1-4H3. The zero-order valence-electron chi connectivity index (χ0n) is 11.9. The van der Waals surface area contributed by atoms with E-state index in [-0.39, 0.29) is 5.54 Å². The summed E-state index contributed by atoms with van der Waals surface area (Å²) < 4.78 is 0. The number of thioether (sulfide) groups is 1. The first-order chi connectivity index (χ1) is 8.05. The molecule has 1 aliphatic rings. The van der Waals surface area contributed by atoms with Crippen LogP contribution in [-0.4, -0.2) is 66.6 Å². The molecular weight excluding hydrogens is 230 g/mol. The van der Waals surface area contributed by atoms with Gasteiger partial charge in [0, 0.05) is 31.2 Å². The summed E-state index contributed by atoms with van der Waals surface area (Å²) in [5, 5.41) is 0. The van der Waals surface area contributed by atoms with E-state index in [2.05, 4.69) is 37.0 Å². The molecule has 0 aromatic heterocycles. The molecule has 0 bridgehead atoms. The normalized spacial score (nSPS) is 26.3. The fraction of sp³-hybridized carbons (Fsp3) is 1.00. The summed E-state index contributed by atoms with van der Waals surface area (Å²) in [5.41, 5.74) is 6.29. The minimum absolute atomic E-state index is 0.225. The molecule has 1 rings (SSSR count). The van der Waals surface area contributed by atoms with Crippen LogP contribution in [0.4, 0.5) is 0 Å². The molecule has 1 atom stereocenters. The molecule has 0 aliphatic carbocycles. The van der Waals surface area contributed by atoms with Crippen molar-refractivity contribution in [3.63, 3.8) is 0 Å². The molecule has 102 valence electrons. The van der Waals surface area contributed by atoms with E-state index in [0.717, 1.165) is 13.1 Å². The SMILES string of the molecule is CSCCCN(C)C1(CN)CCN(C(C)C)C1. The van der Waals surface area contributed by atoms with Crippen molar-refractivity contribution in [3.8, 4) is 0 Å². The lowest BCUT2D eigenvalue weighted by atomic mass is 9.96. The van der Waals surface area contributed by atoms with Crippen molar-refractivity contribution >= 4 is 11.8 Å². The molecule has 0 spiro atoms. The molecule has 1 unspecified atom stereocenters. The smallest absolute Gasteiger partial charge is 0.0467 e. The van der Waals surface area contributed by atoms with Crippen LogP contribution in [0.25, 0.3) is 0 Å². The first kappa shape index (κ1) is 15.3. The molecule has 0 radical (unpaired) electrons. The number of hydrogen-bond acceptors (Lipinski definition) is 4. The second-order valence-corrected chi connectivity index (χ2v) is 6.50. The van der Waals surface area contributed by atoms with Crippen LogP contribution in [0, 0.1) is 0 Å². The van der Waals surface area contributed by atoms with E-state index in [0.29, 0.717) is 6.04 Å². The number of nitrogens with zero attached hydrogens (tertiary/aromatic N) is 2. The number of nitrogens with two attached hydrogens (primary N) is 1. The first-order valence-electron chi connectivity index (χ1n) is 6.70. The maximum absolute atomic E-state index is 6.06. The van der Waals surface area contributed by atoms with Crippen LogP contribution in [0.3, 0.4) is 0 Å². The van der Waals surface area contributed by atoms with Crippen LogP contribution in [0.5, 0.6) is 0 Å². The fourth-order valence-electron chi connectivity index (χ4n) is 2.65. The van der Waals surface area contributed by atoms with Gasteiger partial charge in [0.2, 0.25) is 0 Å². The Morgan fingerprint density at radius 3 is 2.65 bits per heavy atom. The van der Waals surface area contributed by atoms with E-state index in [1.165, 1.54) is 31.7 Å². The third-order valence-corrected chi connectivity index (χ3v) is 4.82. The van der Waals surface area contributed by atoms with E-state index in [4.69, 9.17) is 5.73 Å². The Balaban J connectivity index is 2.51. The summed E-state index contributed by atoms with van der Waals surface area (Å²) in [7, 11) is 2.25. The highest BCUT2D eigenvalue weighted by molar-refractivity contribution is 7.98. The topological polar surface area (TPSA) is 32.5 Å². The van der Waals surface area contributed by atoms with Gasteiger partial charge in [-0.1, -0.05) is 0 Å². The lowest BCUT2D eigenvalue weighted by Crippen LogP contribution is -2.54. The van der Waals surface area contributed by atoms with E-state index >= 15 is 0 Å². The van der Waals surface area contributed by atoms with Crippen LogP contribution in [0.1, 0.15) is 26.7 Å². The van der Waals surface area contributed by atoms with E-state index in [1.54, 1.807) is 0 Å². The average Bonchev–Trinajstić information content (AvgIpc) is 2.75. The van der Waals surface area contributed by atoms with Gasteiger partial charge in [-0.3, -0.25) is 9.80 Å². The lowest BCUT2D eigenvalue weighted by molar-refractivity contribution is 0.123. The average molecular weight is 259 g/mol. The van der Waals surface area contributed by atoms with Gasteiger partial charge in [-0.05, 0) is 52.3 Å². The number of likely N-dealkylation sites (N-methyl/N-ethyl adjacent to an activating group) is 1. The lowest BCUT2D eigenvalue weighted by Gasteiger charge is -2.38. The molecule has 4 heteroatoms. The summed E-state index contributed by atoms with van der Waals surface area (Å²) >= 11 is 1.93. The van der Waals surface area contributed by atoms with Crippen molar-refractivity contribution in [1.82, 2.24) is 9.80 Å². The third-order valence-electron chi connectivity index (χ3n) is 4.12. The minimum atomic E-state index is 0.225. The Morgan fingerprint density at radius 1 is 1.47 bits per heavy atom. The predicted molar refractivity (Wildman–Crippen MR) is 78.7 cm³/mol. The maximum Gasteiger partial charge on any atom is 0.0467 e. The molecule has 0 amide bonds. The highest BCUT2D eigenvalue weighted by Gasteiger charge is 2.40. The summed E-state index contributed by atoms with van der Waals surface area (Å²) in [4.78, 5) is 5.06. The monoisotopic (exact) mass is 259 g/mol. The molecule has 0 aromatic carbocycles. The summed E-state index contributed by atoms with van der Waals surface area (Å²) in [6.07, 6.45) is 4.66. The Kier molecular flexibility index (Phi) is 6.27. The van der Waals surface area contributed by atoms with Gasteiger partial charge in [0.15, 0.2) is 0 Å². The number of rotatable bonds is 7. The quantitative estimate of drug-likeness (QED) is 0.702. The summed E-state index contributed by atoms with van der Waals surface area (Å²) in [6.45, 7) is 8.84. The van der Waals surface area contributed by atoms with Gasteiger partial charge in [-0.25, -0.2) is 0 Å². The first-order valence-corrected chi connectivity index (χ1v) is 8.09. The van der Waals surface area contributed by atoms with Gasteiger partial charge in [-0.15, -0.1) is 0 Å². The molecule has 3 nitrogen and oxygen atoms in total. The predicted octanol–water partition coefficient (Wildman–Crippen LogP) is 1.48. The number of likely N-dealkylation sites (tertiary alicyclic amines) is 1. The summed E-state index contributed by atoms with van der Waals surface area (Å²) in [6, 6.07) is 0.642. The Labute approximate surface area is 111 Å². The largest absolute Gasteiger partial charge is 0.329 e. The number of hydrogen-bond donors (Lipinski definition) is 1. The molecule has 1 aliphatic heterocycles. The van der Waals surface area contributed by atoms with Crippen molar-refractivity contribution in [3.05, 3.63) is 0 Å². The van der Waals surface area contributed by atoms with Gasteiger partial charge in [-0.2, -0.15) is 11.8 Å².